The smallest absolute Gasteiger partial charge is 0.323 e. The van der Waals surface area contributed by atoms with Gasteiger partial charge in [0.05, 0.1) is 12.1 Å². The first-order valence-electron chi connectivity index (χ1n) is 5.97. The Hall–Kier alpha value is -0.850. The van der Waals surface area contributed by atoms with Gasteiger partial charge in [-0.2, -0.15) is 0 Å². The summed E-state index contributed by atoms with van der Waals surface area (Å²) in [7, 11) is 0. The van der Waals surface area contributed by atoms with Gasteiger partial charge in [0.2, 0.25) is 0 Å². The third-order valence-corrected chi connectivity index (χ3v) is 4.19. The Balaban J connectivity index is 1.90. The van der Waals surface area contributed by atoms with Crippen LogP contribution < -0.4 is 10.2 Å². The molecular weight excluding hydrogens is 329 g/mol. The van der Waals surface area contributed by atoms with Crippen LogP contribution in [0.4, 0.5) is 10.6 Å². The van der Waals surface area contributed by atoms with Gasteiger partial charge in [0.1, 0.15) is 5.82 Å². The lowest BCUT2D eigenvalue weighted by atomic mass is 9.91. The molecule has 2 aliphatic rings. The number of carbonyl (C=O) groups excluding carboxylic acids is 1. The summed E-state index contributed by atoms with van der Waals surface area (Å²) in [6.07, 6.45) is 6.40. The van der Waals surface area contributed by atoms with Crippen molar-refractivity contribution in [1.29, 1.82) is 0 Å². The first-order valence-corrected chi connectivity index (χ1v) is 7.05. The number of carbonyl (C=O) groups is 1. The summed E-state index contributed by atoms with van der Waals surface area (Å²) in [6, 6.07) is 4.54. The van der Waals surface area contributed by atoms with Crippen LogP contribution in [0.1, 0.15) is 25.7 Å². The lowest BCUT2D eigenvalue weighted by molar-refractivity contribution is 0.250. The topological polar surface area (TPSA) is 45.2 Å². The molecule has 3 rings (SSSR count). The summed E-state index contributed by atoms with van der Waals surface area (Å²) in [5.41, 5.74) is 0. The van der Waals surface area contributed by atoms with Crippen LogP contribution in [-0.2, 0) is 0 Å². The van der Waals surface area contributed by atoms with Gasteiger partial charge in [-0.1, -0.05) is 12.8 Å². The highest BCUT2D eigenvalue weighted by Crippen LogP contribution is 2.31. The van der Waals surface area contributed by atoms with E-state index in [1.54, 1.807) is 6.20 Å². The van der Waals surface area contributed by atoms with Crippen LogP contribution in [0.5, 0.6) is 0 Å². The molecule has 4 nitrogen and oxygen atoms in total. The standard InChI is InChI=1S/C12H14IN3O/c13-8-5-6-11(14-7-8)16-10-4-2-1-3-9(10)15-12(16)17/h5-7,9-10H,1-4H2,(H,15,17)/t9-,10+/m0/s1. The maximum atomic E-state index is 12.0. The molecule has 2 heterocycles. The second-order valence-corrected chi connectivity index (χ2v) is 5.86. The normalized spacial score (nSPS) is 27.8. The number of aromatic nitrogens is 1. The van der Waals surface area contributed by atoms with Gasteiger partial charge in [-0.15, -0.1) is 0 Å². The SMILES string of the molecule is O=C1N[C@H]2CCCC[C@H]2N1c1ccc(I)cn1. The molecule has 1 N–H and O–H groups in total. The van der Waals surface area contributed by atoms with Crippen LogP contribution >= 0.6 is 22.6 Å². The molecule has 1 saturated carbocycles. The van der Waals surface area contributed by atoms with E-state index in [2.05, 4.69) is 32.9 Å². The van der Waals surface area contributed by atoms with Crippen LogP contribution in [0.15, 0.2) is 18.3 Å². The number of urea groups is 1. The van der Waals surface area contributed by atoms with Crippen molar-refractivity contribution in [2.45, 2.75) is 37.8 Å². The zero-order valence-electron chi connectivity index (χ0n) is 9.40. The second kappa shape index (κ2) is 4.44. The lowest BCUT2D eigenvalue weighted by Gasteiger charge is -2.29. The lowest BCUT2D eigenvalue weighted by Crippen LogP contribution is -2.39. The molecule has 2 amide bonds. The van der Waals surface area contributed by atoms with Crippen molar-refractivity contribution in [1.82, 2.24) is 10.3 Å². The number of rotatable bonds is 1. The van der Waals surface area contributed by atoms with Gasteiger partial charge in [-0.3, -0.25) is 4.90 Å². The van der Waals surface area contributed by atoms with E-state index in [1.165, 1.54) is 12.8 Å². The maximum Gasteiger partial charge on any atom is 0.323 e. The first-order chi connectivity index (χ1) is 8.25. The molecule has 90 valence electrons. The zero-order valence-corrected chi connectivity index (χ0v) is 11.6. The predicted octanol–water partition coefficient (Wildman–Crippen LogP) is 2.53. The summed E-state index contributed by atoms with van der Waals surface area (Å²) in [4.78, 5) is 18.2. The molecule has 0 aromatic carbocycles. The highest BCUT2D eigenvalue weighted by Gasteiger charge is 2.41. The number of halogens is 1. The van der Waals surface area contributed by atoms with Gasteiger partial charge < -0.3 is 5.32 Å². The Kier molecular flexibility index (Phi) is 2.94. The van der Waals surface area contributed by atoms with Crippen LogP contribution in [0, 0.1) is 3.57 Å². The quantitative estimate of drug-likeness (QED) is 0.797. The van der Waals surface area contributed by atoms with Crippen molar-refractivity contribution in [3.05, 3.63) is 21.9 Å². The molecule has 2 fully saturated rings. The van der Waals surface area contributed by atoms with Gasteiger partial charge in [-0.05, 0) is 47.6 Å². The van der Waals surface area contributed by atoms with Crippen molar-refractivity contribution >= 4 is 34.4 Å². The number of hydrogen-bond donors (Lipinski definition) is 1. The molecule has 17 heavy (non-hydrogen) atoms. The number of nitrogens with zero attached hydrogens (tertiary/aromatic N) is 2. The first kappa shape index (κ1) is 11.3. The molecule has 0 radical (unpaired) electrons. The van der Waals surface area contributed by atoms with Crippen molar-refractivity contribution in [3.63, 3.8) is 0 Å². The molecule has 0 bridgehead atoms. The van der Waals surface area contributed by atoms with Crippen LogP contribution in [0.3, 0.4) is 0 Å². The summed E-state index contributed by atoms with van der Waals surface area (Å²) < 4.78 is 1.09. The minimum atomic E-state index is 0.00982. The Labute approximate surface area is 114 Å². The van der Waals surface area contributed by atoms with E-state index < -0.39 is 0 Å². The molecule has 0 spiro atoms. The fourth-order valence-electron chi connectivity index (χ4n) is 2.75. The van der Waals surface area contributed by atoms with Crippen LogP contribution in [-0.4, -0.2) is 23.1 Å². The van der Waals surface area contributed by atoms with E-state index >= 15 is 0 Å². The minimum Gasteiger partial charge on any atom is -0.333 e. The molecule has 1 aromatic heterocycles. The number of pyridine rings is 1. The number of nitrogens with one attached hydrogen (secondary N) is 1. The summed E-state index contributed by atoms with van der Waals surface area (Å²) >= 11 is 2.22. The van der Waals surface area contributed by atoms with Crippen molar-refractivity contribution in [3.8, 4) is 0 Å². The summed E-state index contributed by atoms with van der Waals surface area (Å²) in [5.74, 6) is 0.775. The van der Waals surface area contributed by atoms with E-state index in [-0.39, 0.29) is 6.03 Å². The van der Waals surface area contributed by atoms with Crippen LogP contribution in [0.25, 0.3) is 0 Å². The fraction of sp³-hybridized carbons (Fsp3) is 0.500. The maximum absolute atomic E-state index is 12.0. The number of amides is 2. The molecule has 1 saturated heterocycles. The predicted molar refractivity (Wildman–Crippen MR) is 74.0 cm³/mol. The highest BCUT2D eigenvalue weighted by atomic mass is 127. The Morgan fingerprint density at radius 3 is 2.94 bits per heavy atom. The molecule has 1 aliphatic carbocycles. The van der Waals surface area contributed by atoms with E-state index in [0.717, 1.165) is 22.2 Å². The largest absolute Gasteiger partial charge is 0.333 e. The Morgan fingerprint density at radius 1 is 1.35 bits per heavy atom. The zero-order chi connectivity index (χ0) is 11.8. The van der Waals surface area contributed by atoms with Crippen molar-refractivity contribution in [2.24, 2.45) is 0 Å². The van der Waals surface area contributed by atoms with Gasteiger partial charge in [0, 0.05) is 9.77 Å². The number of anilines is 1. The average Bonchev–Trinajstić information content (AvgIpc) is 2.66. The average molecular weight is 343 g/mol. The minimum absolute atomic E-state index is 0.00982. The second-order valence-electron chi connectivity index (χ2n) is 4.61. The molecule has 1 aromatic rings. The van der Waals surface area contributed by atoms with Crippen molar-refractivity contribution in [2.75, 3.05) is 4.90 Å². The fourth-order valence-corrected chi connectivity index (χ4v) is 3.07. The van der Waals surface area contributed by atoms with E-state index in [1.807, 2.05) is 17.0 Å². The molecule has 5 heteroatoms. The molecular formula is C12H14IN3O. The summed E-state index contributed by atoms with van der Waals surface area (Å²) in [5, 5.41) is 3.06. The number of hydrogen-bond acceptors (Lipinski definition) is 2. The van der Waals surface area contributed by atoms with E-state index in [9.17, 15) is 4.79 Å². The van der Waals surface area contributed by atoms with Crippen molar-refractivity contribution < 1.29 is 4.79 Å². The molecule has 0 unspecified atom stereocenters. The van der Waals surface area contributed by atoms with E-state index in [0.29, 0.717) is 12.1 Å². The van der Waals surface area contributed by atoms with Gasteiger partial charge in [0.25, 0.3) is 0 Å². The monoisotopic (exact) mass is 343 g/mol. The Morgan fingerprint density at radius 2 is 2.18 bits per heavy atom. The third kappa shape index (κ3) is 2.00. The van der Waals surface area contributed by atoms with Gasteiger partial charge >= 0.3 is 6.03 Å². The number of fused-ring (bicyclic) bond motifs is 1. The van der Waals surface area contributed by atoms with Gasteiger partial charge in [0.15, 0.2) is 0 Å². The molecule has 1 aliphatic heterocycles. The van der Waals surface area contributed by atoms with Crippen LogP contribution in [0.2, 0.25) is 0 Å². The highest BCUT2D eigenvalue weighted by molar-refractivity contribution is 14.1. The summed E-state index contributed by atoms with van der Waals surface area (Å²) in [6.45, 7) is 0. The van der Waals surface area contributed by atoms with Gasteiger partial charge in [-0.25, -0.2) is 9.78 Å². The Bertz CT molecular complexity index is 434. The molecule has 2 atom stereocenters. The third-order valence-electron chi connectivity index (χ3n) is 3.55. The van der Waals surface area contributed by atoms with E-state index in [4.69, 9.17) is 0 Å².